The number of rotatable bonds is 1. The second-order valence-corrected chi connectivity index (χ2v) is 10.3. The Hall–Kier alpha value is -3.48. The minimum Gasteiger partial charge on any atom is -0.390 e. The highest BCUT2D eigenvalue weighted by atomic mass is 16.3. The number of nitrogens with one attached hydrogen (secondary N) is 2. The number of hydrogen-bond donors (Lipinski definition) is 3. The molecule has 3 N–H and O–H groups in total. The third kappa shape index (κ3) is 3.59. The van der Waals surface area contributed by atoms with Gasteiger partial charge >= 0.3 is 0 Å². The Balaban J connectivity index is 1.83. The summed E-state index contributed by atoms with van der Waals surface area (Å²) in [4.78, 5) is 3.48. The molecule has 1 aliphatic heterocycles. The van der Waals surface area contributed by atoms with Crippen LogP contribution in [0.25, 0.3) is 22.0 Å². The summed E-state index contributed by atoms with van der Waals surface area (Å²) in [7, 11) is 0. The zero-order chi connectivity index (χ0) is 24.2. The van der Waals surface area contributed by atoms with Gasteiger partial charge in [0, 0.05) is 45.4 Å². The lowest BCUT2D eigenvalue weighted by Gasteiger charge is -2.43. The number of fused-ring (bicyclic) bond motifs is 2. The first-order valence-corrected chi connectivity index (χ1v) is 12.0. The van der Waals surface area contributed by atoms with Gasteiger partial charge in [-0.15, -0.1) is 0 Å². The van der Waals surface area contributed by atoms with Gasteiger partial charge in [-0.3, -0.25) is 0 Å². The molecule has 0 fully saturated rings. The van der Waals surface area contributed by atoms with E-state index in [9.17, 15) is 5.11 Å². The van der Waals surface area contributed by atoms with Gasteiger partial charge in [-0.25, -0.2) is 0 Å². The fourth-order valence-electron chi connectivity index (χ4n) is 5.37. The van der Waals surface area contributed by atoms with Crippen LogP contribution in [0.2, 0.25) is 0 Å². The summed E-state index contributed by atoms with van der Waals surface area (Å²) < 4.78 is 0. The first-order valence-electron chi connectivity index (χ1n) is 12.0. The molecule has 172 valence electrons. The molecule has 0 spiro atoms. The molecule has 1 aromatic heterocycles. The van der Waals surface area contributed by atoms with Crippen molar-refractivity contribution < 1.29 is 5.11 Å². The smallest absolute Gasteiger partial charge is 0.0831 e. The highest BCUT2D eigenvalue weighted by Crippen LogP contribution is 2.46. The van der Waals surface area contributed by atoms with Crippen LogP contribution in [0.15, 0.2) is 54.7 Å². The van der Waals surface area contributed by atoms with Crippen LogP contribution in [0.4, 0.5) is 5.69 Å². The maximum absolute atomic E-state index is 11.2. The summed E-state index contributed by atoms with van der Waals surface area (Å²) in [5.74, 6) is 6.91. The number of aromatic nitrogens is 1. The molecule has 0 saturated heterocycles. The number of aliphatic hydroxyl groups excluding tert-OH is 1. The number of H-pyrrole nitrogens is 1. The van der Waals surface area contributed by atoms with Crippen LogP contribution < -0.4 is 5.32 Å². The molecule has 0 aliphatic carbocycles. The Morgan fingerprint density at radius 3 is 2.44 bits per heavy atom. The minimum atomic E-state index is -0.530. The lowest BCUT2D eigenvalue weighted by atomic mass is 9.75. The van der Waals surface area contributed by atoms with Crippen LogP contribution >= 0.6 is 0 Å². The molecule has 5 rings (SSSR count). The van der Waals surface area contributed by atoms with E-state index in [1.54, 1.807) is 0 Å². The molecular weight excluding hydrogens is 416 g/mol. The molecule has 0 amide bonds. The van der Waals surface area contributed by atoms with Gasteiger partial charge in [0.05, 0.1) is 17.2 Å². The summed E-state index contributed by atoms with van der Waals surface area (Å²) in [6, 6.07) is 17.0. The minimum absolute atomic E-state index is 0.0590. The van der Waals surface area contributed by atoms with Crippen LogP contribution in [0.1, 0.15) is 60.1 Å². The van der Waals surface area contributed by atoms with Crippen molar-refractivity contribution in [2.24, 2.45) is 0 Å². The van der Waals surface area contributed by atoms with Crippen molar-refractivity contribution in [2.75, 3.05) is 5.32 Å². The number of aliphatic hydroxyl groups is 1. The van der Waals surface area contributed by atoms with Crippen LogP contribution in [0.3, 0.4) is 0 Å². The molecule has 3 heteroatoms. The summed E-state index contributed by atoms with van der Waals surface area (Å²) in [5.41, 5.74) is 10.7. The second-order valence-electron chi connectivity index (χ2n) is 10.3. The number of aryl methyl sites for hydroxylation is 3. The van der Waals surface area contributed by atoms with Gasteiger partial charge < -0.3 is 15.4 Å². The molecule has 4 aromatic rings. The van der Waals surface area contributed by atoms with Crippen LogP contribution in [0, 0.1) is 32.6 Å². The average Bonchev–Trinajstić information content (AvgIpc) is 3.18. The number of hydrogen-bond acceptors (Lipinski definition) is 2. The summed E-state index contributed by atoms with van der Waals surface area (Å²) in [5, 5.41) is 16.1. The predicted molar refractivity (Wildman–Crippen MR) is 142 cm³/mol. The zero-order valence-corrected chi connectivity index (χ0v) is 20.8. The van der Waals surface area contributed by atoms with Crippen molar-refractivity contribution in [2.45, 2.75) is 59.1 Å². The highest BCUT2D eigenvalue weighted by molar-refractivity contribution is 5.98. The van der Waals surface area contributed by atoms with Gasteiger partial charge in [0.2, 0.25) is 0 Å². The predicted octanol–water partition coefficient (Wildman–Crippen LogP) is 6.83. The summed E-state index contributed by atoms with van der Waals surface area (Å²) >= 11 is 0. The molecule has 3 aromatic carbocycles. The summed E-state index contributed by atoms with van der Waals surface area (Å²) in [6.07, 6.45) is 1.53. The van der Waals surface area contributed by atoms with Crippen molar-refractivity contribution in [3.63, 3.8) is 0 Å². The van der Waals surface area contributed by atoms with Gasteiger partial charge in [0.1, 0.15) is 0 Å². The van der Waals surface area contributed by atoms with Crippen LogP contribution in [-0.2, 0) is 0 Å². The Bertz CT molecular complexity index is 1480. The Labute approximate surface area is 202 Å². The molecule has 2 unspecified atom stereocenters. The normalized spacial score (nSPS) is 18.7. The molecule has 0 radical (unpaired) electrons. The quantitative estimate of drug-likeness (QED) is 0.280. The van der Waals surface area contributed by atoms with Crippen LogP contribution in [-0.4, -0.2) is 21.7 Å². The molecule has 2 atom stereocenters. The van der Waals surface area contributed by atoms with E-state index in [1.807, 2.05) is 6.07 Å². The highest BCUT2D eigenvalue weighted by Gasteiger charge is 2.40. The van der Waals surface area contributed by atoms with Gasteiger partial charge in [0.15, 0.2) is 0 Å². The Morgan fingerprint density at radius 1 is 0.912 bits per heavy atom. The number of aromatic amines is 1. The van der Waals surface area contributed by atoms with Gasteiger partial charge in [-0.2, -0.15) is 0 Å². The van der Waals surface area contributed by atoms with E-state index in [2.05, 4.69) is 112 Å². The van der Waals surface area contributed by atoms with Crippen molar-refractivity contribution in [3.8, 4) is 23.0 Å². The standard InChI is InChI=1S/C31H32N2O/c1-18-9-7-10-22(15-18)13-14-24-26(25-12-8-11-23-20(3)17-32-29(23)25)16-19(2)28-27(24)21(4)30(34)31(5,6)33-28/h7-12,15-17,21,30,32-34H,1-6H3. The van der Waals surface area contributed by atoms with E-state index < -0.39 is 11.6 Å². The first kappa shape index (κ1) is 22.3. The largest absolute Gasteiger partial charge is 0.390 e. The van der Waals surface area contributed by atoms with E-state index >= 15 is 0 Å². The average molecular weight is 449 g/mol. The Kier molecular flexibility index (Phi) is 5.30. The Morgan fingerprint density at radius 2 is 1.68 bits per heavy atom. The maximum Gasteiger partial charge on any atom is 0.0831 e. The topological polar surface area (TPSA) is 48.0 Å². The van der Waals surface area contributed by atoms with E-state index in [1.165, 1.54) is 22.1 Å². The number of para-hydroxylation sites is 1. The lowest BCUT2D eigenvalue weighted by Crippen LogP contribution is -2.50. The van der Waals surface area contributed by atoms with Crippen molar-refractivity contribution in [1.82, 2.24) is 4.98 Å². The molecule has 0 bridgehead atoms. The van der Waals surface area contributed by atoms with Gasteiger partial charge in [-0.1, -0.05) is 49.1 Å². The van der Waals surface area contributed by atoms with E-state index in [0.717, 1.165) is 39.0 Å². The third-order valence-corrected chi connectivity index (χ3v) is 7.24. The third-order valence-electron chi connectivity index (χ3n) is 7.24. The SMILES string of the molecule is Cc1cccc(C#Cc2c(-c3cccc4c(C)c[nH]c34)cc(C)c3c2C(C)C(O)C(C)(C)N3)c1. The zero-order valence-electron chi connectivity index (χ0n) is 20.8. The molecule has 2 heterocycles. The molecular formula is C31H32N2O. The van der Waals surface area contributed by atoms with Crippen LogP contribution in [0.5, 0.6) is 0 Å². The van der Waals surface area contributed by atoms with Gasteiger partial charge in [-0.05, 0) is 75.1 Å². The fourth-order valence-corrected chi connectivity index (χ4v) is 5.37. The molecule has 1 aliphatic rings. The van der Waals surface area contributed by atoms with Gasteiger partial charge in [0.25, 0.3) is 0 Å². The molecule has 34 heavy (non-hydrogen) atoms. The van der Waals surface area contributed by atoms with E-state index in [0.29, 0.717) is 0 Å². The second kappa shape index (κ2) is 8.08. The molecule has 3 nitrogen and oxygen atoms in total. The lowest BCUT2D eigenvalue weighted by molar-refractivity contribution is 0.0868. The van der Waals surface area contributed by atoms with Crippen molar-refractivity contribution in [1.29, 1.82) is 0 Å². The van der Waals surface area contributed by atoms with E-state index in [4.69, 9.17) is 0 Å². The molecule has 0 saturated carbocycles. The van der Waals surface area contributed by atoms with Crippen molar-refractivity contribution >= 4 is 16.6 Å². The summed E-state index contributed by atoms with van der Waals surface area (Å²) in [6.45, 7) is 12.6. The van der Waals surface area contributed by atoms with E-state index in [-0.39, 0.29) is 5.92 Å². The number of anilines is 1. The first-order chi connectivity index (χ1) is 16.2. The van der Waals surface area contributed by atoms with Crippen molar-refractivity contribution in [3.05, 3.63) is 88.1 Å². The number of benzene rings is 3. The monoisotopic (exact) mass is 448 g/mol. The fraction of sp³-hybridized carbons (Fsp3) is 0.290. The maximum atomic E-state index is 11.2.